The number of aliphatic hydroxyl groups excluding tert-OH is 1. The van der Waals surface area contributed by atoms with Crippen LogP contribution in [-0.4, -0.2) is 8.90 Å². The maximum atomic E-state index is 9.77. The van der Waals surface area contributed by atoms with Gasteiger partial charge in [0.25, 0.3) is 0 Å². The average Bonchev–Trinajstić information content (AvgIpc) is 2.58. The van der Waals surface area contributed by atoms with Crippen molar-refractivity contribution in [3.63, 3.8) is 0 Å². The molecule has 1 unspecified atom stereocenters. The maximum Gasteiger partial charge on any atom is 0.220 e. The zero-order valence-corrected chi connectivity index (χ0v) is 10.5. The molecule has 1 aromatic heterocycles. The minimum absolute atomic E-state index is 0.663. The van der Waals surface area contributed by atoms with Crippen molar-refractivity contribution in [2.24, 2.45) is 0 Å². The van der Waals surface area contributed by atoms with Crippen LogP contribution in [0.25, 0.3) is 10.1 Å². The molecule has 0 amide bonds. The molecule has 1 heterocycles. The van der Waals surface area contributed by atoms with Crippen molar-refractivity contribution in [1.29, 1.82) is 0 Å². The third-order valence-electron chi connectivity index (χ3n) is 2.02. The monoisotopic (exact) mass is 280 g/mol. The fourth-order valence-electron chi connectivity index (χ4n) is 1.30. The van der Waals surface area contributed by atoms with Crippen molar-refractivity contribution < 1.29 is 5.11 Å². The molecule has 2 aromatic rings. The standard InChI is InChI=1S/C10H7Cl3OS/c11-10(12,13)9(14)8-5-6-3-1-2-4-7(6)15-8/h1-5,9,14H. The first-order chi connectivity index (χ1) is 6.98. The lowest BCUT2D eigenvalue weighted by atomic mass is 10.2. The van der Waals surface area contributed by atoms with Gasteiger partial charge in [-0.2, -0.15) is 0 Å². The van der Waals surface area contributed by atoms with E-state index in [1.807, 2.05) is 30.3 Å². The Morgan fingerprint density at radius 1 is 1.20 bits per heavy atom. The molecule has 0 aliphatic rings. The van der Waals surface area contributed by atoms with Gasteiger partial charge in [-0.3, -0.25) is 0 Å². The second-order valence-electron chi connectivity index (χ2n) is 3.13. The summed E-state index contributed by atoms with van der Waals surface area (Å²) < 4.78 is -0.610. The topological polar surface area (TPSA) is 20.2 Å². The number of fused-ring (bicyclic) bond motifs is 1. The fourth-order valence-corrected chi connectivity index (χ4v) is 2.96. The summed E-state index contributed by atoms with van der Waals surface area (Å²) in [6.07, 6.45) is -1.08. The minimum Gasteiger partial charge on any atom is -0.383 e. The number of alkyl halides is 3. The van der Waals surface area contributed by atoms with Crippen LogP contribution in [0.4, 0.5) is 0 Å². The maximum absolute atomic E-state index is 9.77. The van der Waals surface area contributed by atoms with E-state index in [0.29, 0.717) is 4.88 Å². The first-order valence-corrected chi connectivity index (χ1v) is 6.17. The van der Waals surface area contributed by atoms with Crippen LogP contribution >= 0.6 is 46.1 Å². The Morgan fingerprint density at radius 2 is 1.87 bits per heavy atom. The average molecular weight is 282 g/mol. The van der Waals surface area contributed by atoms with Gasteiger partial charge in [0, 0.05) is 9.58 Å². The van der Waals surface area contributed by atoms with Gasteiger partial charge in [0.05, 0.1) is 0 Å². The number of rotatable bonds is 1. The highest BCUT2D eigenvalue weighted by molar-refractivity contribution is 7.19. The summed E-state index contributed by atoms with van der Waals surface area (Å²) in [6.45, 7) is 0. The molecule has 0 saturated heterocycles. The van der Waals surface area contributed by atoms with Gasteiger partial charge >= 0.3 is 0 Å². The molecule has 0 fully saturated rings. The summed E-state index contributed by atoms with van der Waals surface area (Å²) in [5.41, 5.74) is 0. The van der Waals surface area contributed by atoms with E-state index in [1.54, 1.807) is 0 Å². The van der Waals surface area contributed by atoms with Gasteiger partial charge in [0.2, 0.25) is 3.79 Å². The van der Waals surface area contributed by atoms with Crippen LogP contribution in [0.2, 0.25) is 0 Å². The summed E-state index contributed by atoms with van der Waals surface area (Å²) in [6, 6.07) is 9.63. The number of thiophene rings is 1. The second kappa shape index (κ2) is 4.11. The Hall–Kier alpha value is 0.01000. The summed E-state index contributed by atoms with van der Waals surface area (Å²) in [5.74, 6) is 0. The van der Waals surface area contributed by atoms with E-state index < -0.39 is 9.90 Å². The van der Waals surface area contributed by atoms with Crippen LogP contribution in [0.5, 0.6) is 0 Å². The SMILES string of the molecule is OC(c1cc2ccccc2s1)C(Cl)(Cl)Cl. The smallest absolute Gasteiger partial charge is 0.220 e. The lowest BCUT2D eigenvalue weighted by Crippen LogP contribution is -2.14. The Morgan fingerprint density at radius 3 is 2.47 bits per heavy atom. The van der Waals surface area contributed by atoms with Gasteiger partial charge in [-0.25, -0.2) is 0 Å². The highest BCUT2D eigenvalue weighted by Crippen LogP contribution is 2.43. The molecule has 5 heteroatoms. The molecule has 1 aromatic carbocycles. The largest absolute Gasteiger partial charge is 0.383 e. The van der Waals surface area contributed by atoms with E-state index in [4.69, 9.17) is 34.8 Å². The molecule has 15 heavy (non-hydrogen) atoms. The fraction of sp³-hybridized carbons (Fsp3) is 0.200. The first-order valence-electron chi connectivity index (χ1n) is 4.22. The Bertz CT molecular complexity index is 442. The van der Waals surface area contributed by atoms with Crippen LogP contribution in [0, 0.1) is 0 Å². The molecular weight excluding hydrogens is 275 g/mol. The minimum atomic E-state index is -1.68. The predicted molar refractivity (Wildman–Crippen MR) is 67.1 cm³/mol. The Kier molecular flexibility index (Phi) is 3.15. The summed E-state index contributed by atoms with van der Waals surface area (Å²) in [7, 11) is 0. The number of hydrogen-bond acceptors (Lipinski definition) is 2. The molecular formula is C10H7Cl3OS. The number of halogens is 3. The second-order valence-corrected chi connectivity index (χ2v) is 6.62. The third kappa shape index (κ3) is 2.40. The molecule has 2 rings (SSSR count). The van der Waals surface area contributed by atoms with Crippen LogP contribution in [0.1, 0.15) is 11.0 Å². The lowest BCUT2D eigenvalue weighted by molar-refractivity contribution is 0.186. The normalized spacial score (nSPS) is 14.4. The summed E-state index contributed by atoms with van der Waals surface area (Å²) >= 11 is 18.3. The van der Waals surface area contributed by atoms with Crippen LogP contribution in [0.3, 0.4) is 0 Å². The van der Waals surface area contributed by atoms with E-state index in [-0.39, 0.29) is 0 Å². The molecule has 80 valence electrons. The highest BCUT2D eigenvalue weighted by atomic mass is 35.6. The van der Waals surface area contributed by atoms with E-state index in [1.165, 1.54) is 11.3 Å². The van der Waals surface area contributed by atoms with E-state index in [2.05, 4.69) is 0 Å². The molecule has 0 spiro atoms. The molecule has 0 bridgehead atoms. The van der Waals surface area contributed by atoms with E-state index in [0.717, 1.165) is 10.1 Å². The van der Waals surface area contributed by atoms with Gasteiger partial charge in [-0.15, -0.1) is 11.3 Å². The molecule has 0 saturated carbocycles. The van der Waals surface area contributed by atoms with Crippen molar-refractivity contribution in [2.45, 2.75) is 9.90 Å². The summed E-state index contributed by atoms with van der Waals surface area (Å²) in [5, 5.41) is 10.8. The molecule has 0 radical (unpaired) electrons. The van der Waals surface area contributed by atoms with Crippen LogP contribution in [0.15, 0.2) is 30.3 Å². The summed E-state index contributed by atoms with van der Waals surface area (Å²) in [4.78, 5) is 0.663. The molecule has 1 N–H and O–H groups in total. The first kappa shape index (κ1) is 11.5. The van der Waals surface area contributed by atoms with Crippen molar-refractivity contribution in [3.8, 4) is 0 Å². The van der Waals surface area contributed by atoms with Gasteiger partial charge in [0.15, 0.2) is 0 Å². The third-order valence-corrected chi connectivity index (χ3v) is 3.81. The van der Waals surface area contributed by atoms with Gasteiger partial charge < -0.3 is 5.11 Å². The van der Waals surface area contributed by atoms with Crippen molar-refractivity contribution in [1.82, 2.24) is 0 Å². The number of benzene rings is 1. The number of hydrogen-bond donors (Lipinski definition) is 1. The lowest BCUT2D eigenvalue weighted by Gasteiger charge is -2.16. The predicted octanol–water partition coefficient (Wildman–Crippen LogP) is 4.30. The van der Waals surface area contributed by atoms with Gasteiger partial charge in [-0.05, 0) is 17.5 Å². The van der Waals surface area contributed by atoms with Gasteiger partial charge in [0.1, 0.15) is 6.10 Å². The van der Waals surface area contributed by atoms with Crippen molar-refractivity contribution in [3.05, 3.63) is 35.2 Å². The van der Waals surface area contributed by atoms with Gasteiger partial charge in [-0.1, -0.05) is 53.0 Å². The quantitative estimate of drug-likeness (QED) is 0.773. The molecule has 0 aliphatic carbocycles. The van der Waals surface area contributed by atoms with Crippen LogP contribution < -0.4 is 0 Å². The number of aliphatic hydroxyl groups is 1. The highest BCUT2D eigenvalue weighted by Gasteiger charge is 2.33. The zero-order chi connectivity index (χ0) is 11.1. The van der Waals surface area contributed by atoms with E-state index in [9.17, 15) is 5.11 Å². The zero-order valence-electron chi connectivity index (χ0n) is 7.45. The Balaban J connectivity index is 2.45. The van der Waals surface area contributed by atoms with Crippen LogP contribution in [-0.2, 0) is 0 Å². The Labute approximate surface area is 106 Å². The molecule has 1 atom stereocenters. The molecule has 1 nitrogen and oxygen atoms in total. The molecule has 0 aliphatic heterocycles. The van der Waals surface area contributed by atoms with Crippen molar-refractivity contribution in [2.75, 3.05) is 0 Å². The van der Waals surface area contributed by atoms with E-state index >= 15 is 0 Å². The van der Waals surface area contributed by atoms with Crippen molar-refractivity contribution >= 4 is 56.2 Å².